The van der Waals surface area contributed by atoms with Crippen molar-refractivity contribution in [3.8, 4) is 11.5 Å². The molecular weight excluding hydrogens is 394 g/mol. The molecule has 1 aromatic carbocycles. The van der Waals surface area contributed by atoms with Crippen molar-refractivity contribution in [2.75, 3.05) is 40.2 Å². The molecule has 2 fully saturated rings. The lowest BCUT2D eigenvalue weighted by Gasteiger charge is -2.37. The molecule has 1 aliphatic carbocycles. The van der Waals surface area contributed by atoms with Crippen molar-refractivity contribution < 1.29 is 19.0 Å². The number of anilines is 1. The normalized spacial score (nSPS) is 24.2. The third kappa shape index (κ3) is 4.42. The number of pyridine rings is 1. The van der Waals surface area contributed by atoms with E-state index in [1.54, 1.807) is 21.3 Å². The number of hydrogen-bond donors (Lipinski definition) is 1. The molecular formula is C24H33N3O4. The van der Waals surface area contributed by atoms with Gasteiger partial charge in [0.2, 0.25) is 5.91 Å². The zero-order chi connectivity index (χ0) is 22.0. The second kappa shape index (κ2) is 9.30. The van der Waals surface area contributed by atoms with Crippen LogP contribution in [0, 0.1) is 5.92 Å². The minimum Gasteiger partial charge on any atom is -0.493 e. The molecule has 31 heavy (non-hydrogen) atoms. The molecule has 2 aliphatic rings. The summed E-state index contributed by atoms with van der Waals surface area (Å²) in [6, 6.07) is 5.73. The van der Waals surface area contributed by atoms with Crippen LogP contribution in [-0.4, -0.2) is 56.3 Å². The number of aromatic nitrogens is 1. The van der Waals surface area contributed by atoms with E-state index in [2.05, 4.69) is 0 Å². The first-order valence-corrected chi connectivity index (χ1v) is 11.2. The molecule has 4 rings (SSSR count). The zero-order valence-corrected chi connectivity index (χ0v) is 18.7. The van der Waals surface area contributed by atoms with Gasteiger partial charge in [-0.15, -0.1) is 0 Å². The molecule has 0 bridgehead atoms. The Morgan fingerprint density at radius 1 is 1.06 bits per heavy atom. The standard InChI is InChI=1S/C24H33N3O4/c1-29-18-8-4-6-15(10-18)24(28)27-9-5-7-16(14-27)23-19(25)11-17-12-21(30-2)22(31-3)13-20(17)26-23/h11-13,15-16,18H,4-10,14,25H2,1-3H3. The molecule has 1 aromatic heterocycles. The fourth-order valence-electron chi connectivity index (χ4n) is 5.10. The van der Waals surface area contributed by atoms with Crippen LogP contribution >= 0.6 is 0 Å². The fraction of sp³-hybridized carbons (Fsp3) is 0.583. The Morgan fingerprint density at radius 3 is 2.58 bits per heavy atom. The second-order valence-corrected chi connectivity index (χ2v) is 8.71. The molecule has 2 heterocycles. The van der Waals surface area contributed by atoms with Gasteiger partial charge in [0, 0.05) is 43.5 Å². The molecule has 7 heteroatoms. The molecule has 1 saturated carbocycles. The van der Waals surface area contributed by atoms with Crippen molar-refractivity contribution in [3.05, 3.63) is 23.9 Å². The first-order chi connectivity index (χ1) is 15.0. The summed E-state index contributed by atoms with van der Waals surface area (Å²) in [7, 11) is 4.97. The minimum absolute atomic E-state index is 0.0658. The first kappa shape index (κ1) is 21.7. The van der Waals surface area contributed by atoms with Crippen LogP contribution < -0.4 is 15.2 Å². The first-order valence-electron chi connectivity index (χ1n) is 11.2. The molecule has 3 unspecified atom stereocenters. The Balaban J connectivity index is 1.56. The van der Waals surface area contributed by atoms with E-state index in [0.717, 1.165) is 61.7 Å². The Labute approximate surface area is 183 Å². The van der Waals surface area contributed by atoms with Crippen LogP contribution in [-0.2, 0) is 9.53 Å². The van der Waals surface area contributed by atoms with Crippen molar-refractivity contribution in [1.29, 1.82) is 0 Å². The summed E-state index contributed by atoms with van der Waals surface area (Å²) >= 11 is 0. The summed E-state index contributed by atoms with van der Waals surface area (Å²) in [4.78, 5) is 20.2. The van der Waals surface area contributed by atoms with Crippen molar-refractivity contribution in [3.63, 3.8) is 0 Å². The summed E-state index contributed by atoms with van der Waals surface area (Å²) in [5.74, 6) is 1.76. The largest absolute Gasteiger partial charge is 0.493 e. The molecule has 3 atom stereocenters. The van der Waals surface area contributed by atoms with Crippen LogP contribution in [0.4, 0.5) is 5.69 Å². The molecule has 0 radical (unpaired) electrons. The molecule has 2 N–H and O–H groups in total. The monoisotopic (exact) mass is 427 g/mol. The van der Waals surface area contributed by atoms with Crippen molar-refractivity contribution >= 4 is 22.5 Å². The highest BCUT2D eigenvalue weighted by molar-refractivity contribution is 5.86. The van der Waals surface area contributed by atoms with Gasteiger partial charge in [-0.2, -0.15) is 0 Å². The van der Waals surface area contributed by atoms with Gasteiger partial charge < -0.3 is 24.8 Å². The average molecular weight is 428 g/mol. The predicted octanol–water partition coefficient (Wildman–Crippen LogP) is 3.75. The van der Waals surface area contributed by atoms with E-state index < -0.39 is 0 Å². The van der Waals surface area contributed by atoms with Gasteiger partial charge in [-0.3, -0.25) is 9.78 Å². The number of carbonyl (C=O) groups excluding carboxylic acids is 1. The number of ether oxygens (including phenoxy) is 3. The zero-order valence-electron chi connectivity index (χ0n) is 18.7. The number of benzene rings is 1. The van der Waals surface area contributed by atoms with E-state index in [1.165, 1.54) is 0 Å². The van der Waals surface area contributed by atoms with Gasteiger partial charge in [0.15, 0.2) is 11.5 Å². The molecule has 0 spiro atoms. The Kier molecular flexibility index (Phi) is 6.51. The van der Waals surface area contributed by atoms with Gasteiger partial charge >= 0.3 is 0 Å². The highest BCUT2D eigenvalue weighted by Crippen LogP contribution is 2.37. The number of amides is 1. The SMILES string of the molecule is COc1cc2cc(N)c(C3CCCN(C(=O)C4CCCC(OC)C4)C3)nc2cc1OC. The summed E-state index contributed by atoms with van der Waals surface area (Å²) in [6.45, 7) is 1.48. The van der Waals surface area contributed by atoms with Gasteiger partial charge in [0.05, 0.1) is 37.2 Å². The lowest BCUT2D eigenvalue weighted by molar-refractivity contribution is -0.139. The number of nitrogens with two attached hydrogens (primary N) is 1. The quantitative estimate of drug-likeness (QED) is 0.782. The molecule has 1 aliphatic heterocycles. The fourth-order valence-corrected chi connectivity index (χ4v) is 5.10. The summed E-state index contributed by atoms with van der Waals surface area (Å²) in [5.41, 5.74) is 8.78. The van der Waals surface area contributed by atoms with Crippen LogP contribution in [0.3, 0.4) is 0 Å². The van der Waals surface area contributed by atoms with E-state index in [1.807, 2.05) is 23.1 Å². The summed E-state index contributed by atoms with van der Waals surface area (Å²) in [5, 5.41) is 0.912. The highest BCUT2D eigenvalue weighted by Gasteiger charge is 2.34. The lowest BCUT2D eigenvalue weighted by atomic mass is 9.85. The Morgan fingerprint density at radius 2 is 1.84 bits per heavy atom. The van der Waals surface area contributed by atoms with Crippen LogP contribution in [0.25, 0.3) is 10.9 Å². The average Bonchev–Trinajstić information content (AvgIpc) is 2.82. The number of nitrogens with zero attached hydrogens (tertiary/aromatic N) is 2. The van der Waals surface area contributed by atoms with Gasteiger partial charge in [-0.25, -0.2) is 0 Å². The number of nitrogen functional groups attached to an aromatic ring is 1. The molecule has 1 saturated heterocycles. The number of likely N-dealkylation sites (tertiary alicyclic amines) is 1. The van der Waals surface area contributed by atoms with Crippen LogP contribution in [0.1, 0.15) is 50.1 Å². The summed E-state index contributed by atoms with van der Waals surface area (Å²) < 4.78 is 16.4. The maximum Gasteiger partial charge on any atom is 0.225 e. The molecule has 1 amide bonds. The van der Waals surface area contributed by atoms with E-state index in [0.29, 0.717) is 23.7 Å². The molecule has 168 valence electrons. The number of methoxy groups -OCH3 is 3. The van der Waals surface area contributed by atoms with Gasteiger partial charge in [0.25, 0.3) is 0 Å². The number of piperidine rings is 1. The molecule has 2 aromatic rings. The van der Waals surface area contributed by atoms with E-state index >= 15 is 0 Å². The Hall–Kier alpha value is -2.54. The van der Waals surface area contributed by atoms with E-state index in [-0.39, 0.29) is 23.8 Å². The third-order valence-corrected chi connectivity index (χ3v) is 6.81. The van der Waals surface area contributed by atoms with Crippen LogP contribution in [0.2, 0.25) is 0 Å². The van der Waals surface area contributed by atoms with Crippen molar-refractivity contribution in [1.82, 2.24) is 9.88 Å². The van der Waals surface area contributed by atoms with Crippen molar-refractivity contribution in [2.24, 2.45) is 5.92 Å². The van der Waals surface area contributed by atoms with E-state index in [4.69, 9.17) is 24.9 Å². The van der Waals surface area contributed by atoms with Crippen LogP contribution in [0.5, 0.6) is 11.5 Å². The number of rotatable bonds is 5. The maximum absolute atomic E-state index is 13.2. The highest BCUT2D eigenvalue weighted by atomic mass is 16.5. The predicted molar refractivity (Wildman–Crippen MR) is 121 cm³/mol. The second-order valence-electron chi connectivity index (χ2n) is 8.71. The summed E-state index contributed by atoms with van der Waals surface area (Å²) in [6.07, 6.45) is 6.03. The maximum atomic E-state index is 13.2. The molecule has 7 nitrogen and oxygen atoms in total. The van der Waals surface area contributed by atoms with Gasteiger partial charge in [0.1, 0.15) is 0 Å². The van der Waals surface area contributed by atoms with Gasteiger partial charge in [-0.05, 0) is 44.2 Å². The topological polar surface area (TPSA) is 86.9 Å². The smallest absolute Gasteiger partial charge is 0.225 e. The van der Waals surface area contributed by atoms with E-state index in [9.17, 15) is 4.79 Å². The van der Waals surface area contributed by atoms with Gasteiger partial charge in [-0.1, -0.05) is 6.42 Å². The number of hydrogen-bond acceptors (Lipinski definition) is 6. The number of fused-ring (bicyclic) bond motifs is 1. The minimum atomic E-state index is 0.0658. The number of carbonyl (C=O) groups is 1. The Bertz CT molecular complexity index is 948. The van der Waals surface area contributed by atoms with Crippen LogP contribution in [0.15, 0.2) is 18.2 Å². The van der Waals surface area contributed by atoms with Crippen molar-refractivity contribution in [2.45, 2.75) is 50.5 Å². The lowest BCUT2D eigenvalue weighted by Crippen LogP contribution is -2.44. The third-order valence-electron chi connectivity index (χ3n) is 6.81.